The number of halogens is 1. The lowest BCUT2D eigenvalue weighted by atomic mass is 10.2. The van der Waals surface area contributed by atoms with Gasteiger partial charge >= 0.3 is 0 Å². The maximum atomic E-state index is 11.6. The zero-order valence-electron chi connectivity index (χ0n) is 11.7. The number of methoxy groups -OCH3 is 1. The van der Waals surface area contributed by atoms with Crippen LogP contribution >= 0.6 is 15.9 Å². The van der Waals surface area contributed by atoms with Gasteiger partial charge in [0.15, 0.2) is 0 Å². The molecule has 0 spiro atoms. The van der Waals surface area contributed by atoms with E-state index >= 15 is 0 Å². The Morgan fingerprint density at radius 1 is 1.55 bits per heavy atom. The van der Waals surface area contributed by atoms with Crippen molar-refractivity contribution in [3.05, 3.63) is 34.3 Å². The minimum Gasteiger partial charge on any atom is -0.496 e. The Morgan fingerprint density at radius 2 is 2.30 bits per heavy atom. The molecule has 2 N–H and O–H groups in total. The molecule has 0 radical (unpaired) electrons. The maximum Gasteiger partial charge on any atom is 0.244 e. The van der Waals surface area contributed by atoms with Gasteiger partial charge in [0.1, 0.15) is 5.75 Å². The summed E-state index contributed by atoms with van der Waals surface area (Å²) in [5.74, 6) is 0.522. The maximum absolute atomic E-state index is 11.6. The molecule has 1 atom stereocenters. The van der Waals surface area contributed by atoms with E-state index in [9.17, 15) is 9.90 Å². The highest BCUT2D eigenvalue weighted by Crippen LogP contribution is 2.23. The van der Waals surface area contributed by atoms with Crippen LogP contribution in [-0.2, 0) is 4.79 Å². The van der Waals surface area contributed by atoms with Gasteiger partial charge in [-0.25, -0.2) is 0 Å². The monoisotopic (exact) mass is 341 g/mol. The van der Waals surface area contributed by atoms with Crippen LogP contribution in [0, 0.1) is 0 Å². The number of aliphatic hydroxyl groups excluding tert-OH is 1. The van der Waals surface area contributed by atoms with Crippen LogP contribution in [-0.4, -0.2) is 30.8 Å². The molecule has 0 bridgehead atoms. The van der Waals surface area contributed by atoms with E-state index in [4.69, 9.17) is 4.74 Å². The number of benzene rings is 1. The molecule has 1 rings (SSSR count). The molecule has 0 fully saturated rings. The zero-order valence-corrected chi connectivity index (χ0v) is 13.3. The molecule has 0 aliphatic heterocycles. The lowest BCUT2D eigenvalue weighted by Crippen LogP contribution is -2.25. The number of carbonyl (C=O) groups is 1. The van der Waals surface area contributed by atoms with Gasteiger partial charge in [0, 0.05) is 22.7 Å². The number of hydrogen-bond donors (Lipinski definition) is 2. The molecule has 1 aromatic rings. The summed E-state index contributed by atoms with van der Waals surface area (Å²) in [6.07, 6.45) is 4.07. The summed E-state index contributed by atoms with van der Waals surface area (Å²) in [5, 5.41) is 12.1. The highest BCUT2D eigenvalue weighted by Gasteiger charge is 2.03. The summed E-state index contributed by atoms with van der Waals surface area (Å²) < 4.78 is 6.14. The minimum atomic E-state index is -0.357. The molecule has 0 aliphatic rings. The van der Waals surface area contributed by atoms with E-state index in [0.717, 1.165) is 10.0 Å². The molecule has 1 amide bonds. The minimum absolute atomic E-state index is 0.185. The van der Waals surface area contributed by atoms with E-state index in [1.54, 1.807) is 13.2 Å². The van der Waals surface area contributed by atoms with Crippen molar-refractivity contribution in [2.24, 2.45) is 0 Å². The zero-order chi connectivity index (χ0) is 15.0. The summed E-state index contributed by atoms with van der Waals surface area (Å²) in [6, 6.07) is 5.59. The van der Waals surface area contributed by atoms with Crippen LogP contribution in [0.4, 0.5) is 0 Å². The van der Waals surface area contributed by atoms with E-state index in [1.165, 1.54) is 6.08 Å². The first kappa shape index (κ1) is 16.7. The van der Waals surface area contributed by atoms with Crippen molar-refractivity contribution in [3.63, 3.8) is 0 Å². The van der Waals surface area contributed by atoms with Crippen LogP contribution < -0.4 is 10.1 Å². The van der Waals surface area contributed by atoms with Gasteiger partial charge in [-0.1, -0.05) is 22.9 Å². The van der Waals surface area contributed by atoms with Crippen LogP contribution in [0.15, 0.2) is 28.7 Å². The third-order valence-electron chi connectivity index (χ3n) is 2.85. The predicted octanol–water partition coefficient (Wildman–Crippen LogP) is 2.75. The fourth-order valence-electron chi connectivity index (χ4n) is 1.63. The van der Waals surface area contributed by atoms with Gasteiger partial charge in [0.05, 0.1) is 13.2 Å². The number of hydrogen-bond acceptors (Lipinski definition) is 3. The fraction of sp³-hybridized carbons (Fsp3) is 0.400. The van der Waals surface area contributed by atoms with Gasteiger partial charge in [0.2, 0.25) is 5.91 Å². The average molecular weight is 342 g/mol. The van der Waals surface area contributed by atoms with E-state index in [0.29, 0.717) is 25.1 Å². The van der Waals surface area contributed by atoms with Gasteiger partial charge in [-0.05, 0) is 37.1 Å². The van der Waals surface area contributed by atoms with Gasteiger partial charge in [-0.3, -0.25) is 4.79 Å². The van der Waals surface area contributed by atoms with Crippen LogP contribution in [0.2, 0.25) is 0 Å². The number of nitrogens with one attached hydrogen (secondary N) is 1. The molecule has 1 unspecified atom stereocenters. The van der Waals surface area contributed by atoms with Crippen LogP contribution in [0.5, 0.6) is 5.75 Å². The molecule has 110 valence electrons. The Labute approximate surface area is 128 Å². The number of amides is 1. The van der Waals surface area contributed by atoms with Crippen LogP contribution in [0.3, 0.4) is 0 Å². The summed E-state index contributed by atoms with van der Waals surface area (Å²) in [6.45, 7) is 2.37. The predicted molar refractivity (Wildman–Crippen MR) is 83.7 cm³/mol. The van der Waals surface area contributed by atoms with Gasteiger partial charge in [0.25, 0.3) is 0 Å². The Kier molecular flexibility index (Phi) is 7.33. The molecule has 5 heteroatoms. The van der Waals surface area contributed by atoms with Gasteiger partial charge in [-0.15, -0.1) is 0 Å². The van der Waals surface area contributed by atoms with Gasteiger partial charge in [-0.2, -0.15) is 0 Å². The number of carbonyl (C=O) groups excluding carboxylic acids is 1. The smallest absolute Gasteiger partial charge is 0.244 e. The summed E-state index contributed by atoms with van der Waals surface area (Å²) in [5.41, 5.74) is 0.825. The lowest BCUT2D eigenvalue weighted by molar-refractivity contribution is -0.116. The second-order valence-electron chi connectivity index (χ2n) is 4.36. The Hall–Kier alpha value is -1.33. The van der Waals surface area contributed by atoms with Crippen molar-refractivity contribution < 1.29 is 14.6 Å². The SMILES string of the molecule is CCC(O)CCNC(=O)/C=C/c1cc(Br)ccc1OC. The largest absolute Gasteiger partial charge is 0.496 e. The first-order valence-corrected chi connectivity index (χ1v) is 7.33. The Bertz CT molecular complexity index is 474. The van der Waals surface area contributed by atoms with E-state index in [1.807, 2.05) is 25.1 Å². The Balaban J connectivity index is 2.55. The van der Waals surface area contributed by atoms with Crippen molar-refractivity contribution in [2.45, 2.75) is 25.9 Å². The molecule has 0 heterocycles. The molecule has 0 saturated carbocycles. The fourth-order valence-corrected chi connectivity index (χ4v) is 2.00. The first-order chi connectivity index (χ1) is 9.56. The van der Waals surface area contributed by atoms with Gasteiger partial charge < -0.3 is 15.2 Å². The number of aliphatic hydroxyl groups is 1. The molecule has 0 saturated heterocycles. The third kappa shape index (κ3) is 5.75. The van der Waals surface area contributed by atoms with Crippen LogP contribution in [0.25, 0.3) is 6.08 Å². The number of rotatable bonds is 7. The first-order valence-electron chi connectivity index (χ1n) is 6.54. The summed E-state index contributed by atoms with van der Waals surface area (Å²) in [7, 11) is 1.59. The normalized spacial score (nSPS) is 12.4. The van der Waals surface area contributed by atoms with Crippen molar-refractivity contribution in [2.75, 3.05) is 13.7 Å². The quantitative estimate of drug-likeness (QED) is 0.749. The highest BCUT2D eigenvalue weighted by atomic mass is 79.9. The van der Waals surface area contributed by atoms with E-state index in [-0.39, 0.29) is 12.0 Å². The molecular weight excluding hydrogens is 322 g/mol. The summed E-state index contributed by atoms with van der Waals surface area (Å²) >= 11 is 3.38. The number of ether oxygens (including phenoxy) is 1. The molecule has 20 heavy (non-hydrogen) atoms. The average Bonchev–Trinajstić information content (AvgIpc) is 2.45. The molecule has 1 aromatic carbocycles. The van der Waals surface area contributed by atoms with Crippen molar-refractivity contribution in [1.29, 1.82) is 0 Å². The third-order valence-corrected chi connectivity index (χ3v) is 3.35. The molecular formula is C15H20BrNO3. The molecule has 4 nitrogen and oxygen atoms in total. The Morgan fingerprint density at radius 3 is 2.95 bits per heavy atom. The standard InChI is InChI=1S/C15H20BrNO3/c1-3-13(18)8-9-17-15(19)7-4-11-10-12(16)5-6-14(11)20-2/h4-7,10,13,18H,3,8-9H2,1-2H3,(H,17,19)/b7-4+. The lowest BCUT2D eigenvalue weighted by Gasteiger charge is -2.07. The second kappa shape index (κ2) is 8.76. The second-order valence-corrected chi connectivity index (χ2v) is 5.28. The highest BCUT2D eigenvalue weighted by molar-refractivity contribution is 9.10. The van der Waals surface area contributed by atoms with Crippen molar-refractivity contribution in [3.8, 4) is 5.75 Å². The van der Waals surface area contributed by atoms with E-state index in [2.05, 4.69) is 21.2 Å². The van der Waals surface area contributed by atoms with Crippen molar-refractivity contribution in [1.82, 2.24) is 5.32 Å². The van der Waals surface area contributed by atoms with Crippen molar-refractivity contribution >= 4 is 27.9 Å². The summed E-state index contributed by atoms with van der Waals surface area (Å²) in [4.78, 5) is 11.6. The topological polar surface area (TPSA) is 58.6 Å². The molecule has 0 aliphatic carbocycles. The van der Waals surface area contributed by atoms with E-state index < -0.39 is 0 Å². The molecule has 0 aromatic heterocycles. The van der Waals surface area contributed by atoms with Crippen LogP contribution in [0.1, 0.15) is 25.3 Å².